The van der Waals surface area contributed by atoms with E-state index in [-0.39, 0.29) is 0 Å². The fourth-order valence-electron chi connectivity index (χ4n) is 2.45. The monoisotopic (exact) mass is 247 g/mol. The van der Waals surface area contributed by atoms with E-state index in [1.807, 2.05) is 6.20 Å². The molecule has 1 saturated heterocycles. The van der Waals surface area contributed by atoms with Crippen molar-refractivity contribution < 1.29 is 0 Å². The second kappa shape index (κ2) is 7.37. The first kappa shape index (κ1) is 13.3. The molecule has 1 aromatic heterocycles. The molecule has 1 aliphatic heterocycles. The summed E-state index contributed by atoms with van der Waals surface area (Å²) in [6, 6.07) is 4.37. The molecule has 1 fully saturated rings. The van der Waals surface area contributed by atoms with Crippen molar-refractivity contribution in [3.8, 4) is 0 Å². The number of aromatic nitrogens is 1. The van der Waals surface area contributed by atoms with E-state index >= 15 is 0 Å². The van der Waals surface area contributed by atoms with Gasteiger partial charge < -0.3 is 10.2 Å². The molecule has 1 aromatic rings. The van der Waals surface area contributed by atoms with Gasteiger partial charge in [-0.25, -0.2) is 4.98 Å². The molecule has 100 valence electrons. The Hall–Kier alpha value is -1.09. The Kier molecular flexibility index (Phi) is 5.46. The van der Waals surface area contributed by atoms with Gasteiger partial charge in [-0.2, -0.15) is 0 Å². The highest BCUT2D eigenvalue weighted by molar-refractivity contribution is 5.39. The quantitative estimate of drug-likeness (QED) is 0.886. The van der Waals surface area contributed by atoms with Crippen molar-refractivity contribution in [1.29, 1.82) is 0 Å². The molecule has 0 aromatic carbocycles. The molecule has 2 heterocycles. The number of nitrogens with one attached hydrogen (secondary N) is 1. The molecule has 1 aliphatic rings. The zero-order valence-electron chi connectivity index (χ0n) is 11.5. The van der Waals surface area contributed by atoms with Crippen LogP contribution in [0.5, 0.6) is 0 Å². The molecule has 0 radical (unpaired) electrons. The van der Waals surface area contributed by atoms with Crippen molar-refractivity contribution in [3.63, 3.8) is 0 Å². The van der Waals surface area contributed by atoms with Gasteiger partial charge in [0.2, 0.25) is 0 Å². The van der Waals surface area contributed by atoms with Gasteiger partial charge in [0.1, 0.15) is 5.82 Å². The Morgan fingerprint density at radius 1 is 1.11 bits per heavy atom. The SMILES string of the molecule is CCNCc1ccc(N2CCCCCCC2)nc1. The molecule has 0 spiro atoms. The fraction of sp³-hybridized carbons (Fsp3) is 0.667. The lowest BCUT2D eigenvalue weighted by molar-refractivity contribution is 0.553. The Morgan fingerprint density at radius 2 is 1.83 bits per heavy atom. The van der Waals surface area contributed by atoms with Crippen LogP contribution in [-0.2, 0) is 6.54 Å². The fourth-order valence-corrected chi connectivity index (χ4v) is 2.45. The van der Waals surface area contributed by atoms with Crippen LogP contribution in [0.4, 0.5) is 5.82 Å². The number of hydrogen-bond donors (Lipinski definition) is 1. The first-order valence-electron chi connectivity index (χ1n) is 7.30. The van der Waals surface area contributed by atoms with Crippen LogP contribution < -0.4 is 10.2 Å². The molecule has 0 aliphatic carbocycles. The van der Waals surface area contributed by atoms with Crippen LogP contribution in [0, 0.1) is 0 Å². The van der Waals surface area contributed by atoms with E-state index in [1.54, 1.807) is 0 Å². The highest BCUT2D eigenvalue weighted by Crippen LogP contribution is 2.17. The first-order valence-corrected chi connectivity index (χ1v) is 7.30. The number of pyridine rings is 1. The lowest BCUT2D eigenvalue weighted by atomic mass is 10.1. The first-order chi connectivity index (χ1) is 8.90. The molecular weight excluding hydrogens is 222 g/mol. The molecule has 3 heteroatoms. The van der Waals surface area contributed by atoms with Crippen molar-refractivity contribution in [1.82, 2.24) is 10.3 Å². The minimum atomic E-state index is 0.920. The summed E-state index contributed by atoms with van der Waals surface area (Å²) in [5.41, 5.74) is 1.27. The molecule has 2 rings (SSSR count). The van der Waals surface area contributed by atoms with Crippen LogP contribution in [0.15, 0.2) is 18.3 Å². The van der Waals surface area contributed by atoms with Crippen molar-refractivity contribution in [2.45, 2.75) is 45.6 Å². The van der Waals surface area contributed by atoms with Crippen LogP contribution in [-0.4, -0.2) is 24.6 Å². The van der Waals surface area contributed by atoms with Crippen LogP contribution in [0.1, 0.15) is 44.6 Å². The van der Waals surface area contributed by atoms with Gasteiger partial charge in [-0.3, -0.25) is 0 Å². The average Bonchev–Trinajstić information content (AvgIpc) is 2.37. The van der Waals surface area contributed by atoms with E-state index in [0.717, 1.165) is 18.9 Å². The smallest absolute Gasteiger partial charge is 0.128 e. The third kappa shape index (κ3) is 3.98. The van der Waals surface area contributed by atoms with Crippen molar-refractivity contribution in [2.24, 2.45) is 0 Å². The molecule has 0 unspecified atom stereocenters. The molecule has 0 bridgehead atoms. The third-order valence-electron chi connectivity index (χ3n) is 3.57. The second-order valence-corrected chi connectivity index (χ2v) is 5.06. The largest absolute Gasteiger partial charge is 0.357 e. The van der Waals surface area contributed by atoms with Gasteiger partial charge in [0.25, 0.3) is 0 Å². The number of nitrogens with zero attached hydrogens (tertiary/aromatic N) is 2. The van der Waals surface area contributed by atoms with Gasteiger partial charge in [0, 0.05) is 25.8 Å². The summed E-state index contributed by atoms with van der Waals surface area (Å²) in [7, 11) is 0. The summed E-state index contributed by atoms with van der Waals surface area (Å²) >= 11 is 0. The Bertz CT molecular complexity index is 326. The van der Waals surface area contributed by atoms with Crippen molar-refractivity contribution in [2.75, 3.05) is 24.5 Å². The third-order valence-corrected chi connectivity index (χ3v) is 3.57. The predicted molar refractivity (Wildman–Crippen MR) is 76.9 cm³/mol. The van der Waals surface area contributed by atoms with Crippen molar-refractivity contribution >= 4 is 5.82 Å². The average molecular weight is 247 g/mol. The molecule has 18 heavy (non-hydrogen) atoms. The van der Waals surface area contributed by atoms with Gasteiger partial charge in [-0.05, 0) is 31.0 Å². The van der Waals surface area contributed by atoms with Gasteiger partial charge >= 0.3 is 0 Å². The van der Waals surface area contributed by atoms with Crippen LogP contribution in [0.25, 0.3) is 0 Å². The number of rotatable bonds is 4. The number of anilines is 1. The van der Waals surface area contributed by atoms with Gasteiger partial charge in [0.05, 0.1) is 0 Å². The molecule has 0 atom stereocenters. The molecule has 0 saturated carbocycles. The van der Waals surface area contributed by atoms with Gasteiger partial charge in [-0.15, -0.1) is 0 Å². The Labute approximate surface area is 111 Å². The van der Waals surface area contributed by atoms with Gasteiger partial charge in [0.15, 0.2) is 0 Å². The Morgan fingerprint density at radius 3 is 2.44 bits per heavy atom. The minimum Gasteiger partial charge on any atom is -0.357 e. The Balaban J connectivity index is 1.94. The standard InChI is InChI=1S/C15H25N3/c1-2-16-12-14-8-9-15(17-13-14)18-10-6-4-3-5-7-11-18/h8-9,13,16H,2-7,10-12H2,1H3. The van der Waals surface area contributed by atoms with E-state index < -0.39 is 0 Å². The van der Waals surface area contributed by atoms with E-state index in [0.29, 0.717) is 0 Å². The summed E-state index contributed by atoms with van der Waals surface area (Å²) in [6.45, 7) is 6.39. The maximum absolute atomic E-state index is 4.61. The van der Waals surface area contributed by atoms with E-state index in [2.05, 4.69) is 34.3 Å². The zero-order chi connectivity index (χ0) is 12.6. The van der Waals surface area contributed by atoms with Crippen molar-refractivity contribution in [3.05, 3.63) is 23.9 Å². The summed E-state index contributed by atoms with van der Waals surface area (Å²) in [5.74, 6) is 1.15. The highest BCUT2D eigenvalue weighted by Gasteiger charge is 2.09. The van der Waals surface area contributed by atoms with Gasteiger partial charge in [-0.1, -0.05) is 32.3 Å². The summed E-state index contributed by atoms with van der Waals surface area (Å²) in [4.78, 5) is 7.05. The van der Waals surface area contributed by atoms with Crippen LogP contribution in [0.3, 0.4) is 0 Å². The molecule has 3 nitrogen and oxygen atoms in total. The zero-order valence-corrected chi connectivity index (χ0v) is 11.5. The second-order valence-electron chi connectivity index (χ2n) is 5.06. The van der Waals surface area contributed by atoms with Crippen LogP contribution in [0.2, 0.25) is 0 Å². The summed E-state index contributed by atoms with van der Waals surface area (Å²) in [5, 5.41) is 3.33. The summed E-state index contributed by atoms with van der Waals surface area (Å²) in [6.07, 6.45) is 8.77. The van der Waals surface area contributed by atoms with Crippen LogP contribution >= 0.6 is 0 Å². The lowest BCUT2D eigenvalue weighted by Crippen LogP contribution is -2.27. The highest BCUT2D eigenvalue weighted by atomic mass is 15.2. The normalized spacial score (nSPS) is 17.3. The lowest BCUT2D eigenvalue weighted by Gasteiger charge is -2.25. The van der Waals surface area contributed by atoms with E-state index in [9.17, 15) is 0 Å². The minimum absolute atomic E-state index is 0.920. The molecule has 0 amide bonds. The molecule has 1 N–H and O–H groups in total. The maximum atomic E-state index is 4.61. The van der Waals surface area contributed by atoms with E-state index in [1.165, 1.54) is 50.8 Å². The maximum Gasteiger partial charge on any atom is 0.128 e. The molecular formula is C15H25N3. The summed E-state index contributed by atoms with van der Waals surface area (Å²) < 4.78 is 0. The topological polar surface area (TPSA) is 28.2 Å². The van der Waals surface area contributed by atoms with E-state index in [4.69, 9.17) is 0 Å². The number of hydrogen-bond acceptors (Lipinski definition) is 3. The predicted octanol–water partition coefficient (Wildman–Crippen LogP) is 2.96.